The zero-order valence-electron chi connectivity index (χ0n) is 32.6. The van der Waals surface area contributed by atoms with E-state index >= 15 is 0 Å². The first-order valence-corrected chi connectivity index (χ1v) is 20.2. The third-order valence-electron chi connectivity index (χ3n) is 11.3. The lowest BCUT2D eigenvalue weighted by molar-refractivity contribution is 0.670. The average Bonchev–Trinajstić information content (AvgIpc) is 3.70. The molecule has 2 aromatic heterocycles. The van der Waals surface area contributed by atoms with E-state index in [0.29, 0.717) is 5.82 Å². The number of rotatable bonds is 8. The van der Waals surface area contributed by atoms with Gasteiger partial charge in [-0.15, -0.1) is 0 Å². The Morgan fingerprint density at radius 3 is 1.48 bits per heavy atom. The highest BCUT2D eigenvalue weighted by Gasteiger charge is 2.21. The molecule has 0 fully saturated rings. The minimum atomic E-state index is 0.677. The molecule has 0 N–H and O–H groups in total. The predicted molar refractivity (Wildman–Crippen MR) is 249 cm³/mol. The molecule has 0 aliphatic carbocycles. The normalized spacial score (nSPS) is 11.3. The van der Waals surface area contributed by atoms with Gasteiger partial charge in [-0.2, -0.15) is 0 Å². The van der Waals surface area contributed by atoms with E-state index in [2.05, 4.69) is 193 Å². The number of hydrogen-bond acceptors (Lipinski definition) is 4. The van der Waals surface area contributed by atoms with E-state index < -0.39 is 0 Å². The summed E-state index contributed by atoms with van der Waals surface area (Å²) < 4.78 is 6.95. The van der Waals surface area contributed by atoms with Crippen LogP contribution in [0.3, 0.4) is 0 Å². The van der Waals surface area contributed by atoms with Crippen molar-refractivity contribution < 1.29 is 4.42 Å². The van der Waals surface area contributed by atoms with Crippen LogP contribution in [0.15, 0.2) is 229 Å². The van der Waals surface area contributed by atoms with E-state index in [1.807, 2.05) is 36.4 Å². The molecule has 2 heterocycles. The summed E-state index contributed by atoms with van der Waals surface area (Å²) in [7, 11) is 0. The van der Waals surface area contributed by atoms with Crippen molar-refractivity contribution in [3.05, 3.63) is 224 Å². The molecule has 0 spiro atoms. The van der Waals surface area contributed by atoms with E-state index in [9.17, 15) is 0 Å². The van der Waals surface area contributed by atoms with Crippen LogP contribution in [0.2, 0.25) is 0 Å². The molecular weight excluding hydrogens is 731 g/mol. The molecule has 0 radical (unpaired) electrons. The smallest absolute Gasteiger partial charge is 0.160 e. The van der Waals surface area contributed by atoms with Crippen LogP contribution >= 0.6 is 0 Å². The largest absolute Gasteiger partial charge is 0.455 e. The zero-order valence-corrected chi connectivity index (χ0v) is 32.6. The fourth-order valence-electron chi connectivity index (χ4n) is 8.31. The number of fused-ring (bicyclic) bond motifs is 4. The molecule has 11 aromatic rings. The number of aromatic nitrogens is 2. The number of furan rings is 1. The van der Waals surface area contributed by atoms with Gasteiger partial charge in [-0.05, 0) is 88.1 Å². The molecule has 0 unspecified atom stereocenters. The second kappa shape index (κ2) is 15.0. The molecule has 0 amide bonds. The van der Waals surface area contributed by atoms with Crippen LogP contribution in [0.1, 0.15) is 0 Å². The SMILES string of the molecule is c1ccc(-c2ccc(N(c3ccccc3)c3ccc(-c4ccc(-c5cc(-c6ccccc6)nc(-c6ccccc6)n5)c5c4oc4cc6ccccc6cc45)cc3)cc2)cc1. The third-order valence-corrected chi connectivity index (χ3v) is 11.3. The first kappa shape index (κ1) is 35.1. The minimum Gasteiger partial charge on any atom is -0.455 e. The molecular formula is C56H37N3O. The van der Waals surface area contributed by atoms with Crippen molar-refractivity contribution >= 4 is 49.8 Å². The quantitative estimate of drug-likeness (QED) is 0.154. The maximum atomic E-state index is 6.95. The highest BCUT2D eigenvalue weighted by molar-refractivity contribution is 6.18. The van der Waals surface area contributed by atoms with Gasteiger partial charge in [0.2, 0.25) is 0 Å². The summed E-state index contributed by atoms with van der Waals surface area (Å²) in [6.45, 7) is 0. The highest BCUT2D eigenvalue weighted by atomic mass is 16.3. The van der Waals surface area contributed by atoms with Crippen molar-refractivity contribution in [1.29, 1.82) is 0 Å². The molecule has 0 saturated carbocycles. The number of para-hydroxylation sites is 1. The van der Waals surface area contributed by atoms with Crippen LogP contribution in [0.25, 0.3) is 88.9 Å². The van der Waals surface area contributed by atoms with Gasteiger partial charge < -0.3 is 9.32 Å². The molecule has 4 nitrogen and oxygen atoms in total. The Morgan fingerprint density at radius 1 is 0.350 bits per heavy atom. The van der Waals surface area contributed by atoms with Gasteiger partial charge in [0.05, 0.1) is 11.4 Å². The van der Waals surface area contributed by atoms with Crippen molar-refractivity contribution in [2.75, 3.05) is 4.90 Å². The molecule has 282 valence electrons. The van der Waals surface area contributed by atoms with E-state index in [1.54, 1.807) is 0 Å². The van der Waals surface area contributed by atoms with Crippen molar-refractivity contribution in [1.82, 2.24) is 9.97 Å². The van der Waals surface area contributed by atoms with Crippen LogP contribution in [-0.2, 0) is 0 Å². The van der Waals surface area contributed by atoms with Crippen molar-refractivity contribution in [2.45, 2.75) is 0 Å². The monoisotopic (exact) mass is 767 g/mol. The minimum absolute atomic E-state index is 0.677. The second-order valence-electron chi connectivity index (χ2n) is 15.0. The summed E-state index contributed by atoms with van der Waals surface area (Å²) in [5, 5.41) is 4.36. The summed E-state index contributed by atoms with van der Waals surface area (Å²) in [5.74, 6) is 0.677. The molecule has 9 aromatic carbocycles. The standard InChI is InChI=1S/C56H37N3O/c1-5-15-38(16-6-1)39-25-29-46(30-26-39)59(45-23-11-4-12-24-45)47-31-27-40(28-32-47)48-33-34-49(54-50-35-43-21-13-14-22-44(43)36-53(50)60-55(48)54)52-37-51(41-17-7-2-8-18-41)57-56(58-52)42-19-9-3-10-20-42/h1-37H. The Morgan fingerprint density at radius 2 is 0.833 bits per heavy atom. The lowest BCUT2D eigenvalue weighted by Gasteiger charge is -2.26. The van der Waals surface area contributed by atoms with Crippen molar-refractivity contribution in [3.63, 3.8) is 0 Å². The molecule has 4 heteroatoms. The van der Waals surface area contributed by atoms with Gasteiger partial charge in [-0.25, -0.2) is 9.97 Å². The molecule has 0 saturated heterocycles. The Balaban J connectivity index is 1.07. The predicted octanol–water partition coefficient (Wildman–Crippen LogP) is 15.3. The van der Waals surface area contributed by atoms with Gasteiger partial charge in [-0.3, -0.25) is 0 Å². The maximum absolute atomic E-state index is 6.95. The summed E-state index contributed by atoms with van der Waals surface area (Å²) in [5.41, 5.74) is 14.0. The molecule has 11 rings (SSSR count). The number of hydrogen-bond donors (Lipinski definition) is 0. The molecule has 0 aliphatic heterocycles. The molecule has 0 atom stereocenters. The van der Waals surface area contributed by atoms with Crippen molar-refractivity contribution in [2.24, 2.45) is 0 Å². The third kappa shape index (κ3) is 6.47. The topological polar surface area (TPSA) is 42.2 Å². The van der Waals surface area contributed by atoms with E-state index in [4.69, 9.17) is 14.4 Å². The Bertz CT molecular complexity index is 3210. The highest BCUT2D eigenvalue weighted by Crippen LogP contribution is 2.44. The number of nitrogens with zero attached hydrogens (tertiary/aromatic N) is 3. The Hall–Kier alpha value is -8.08. The second-order valence-corrected chi connectivity index (χ2v) is 15.0. The van der Waals surface area contributed by atoms with Crippen LogP contribution in [0.4, 0.5) is 17.1 Å². The first-order chi connectivity index (χ1) is 29.7. The lowest BCUT2D eigenvalue weighted by Crippen LogP contribution is -2.09. The van der Waals surface area contributed by atoms with Crippen LogP contribution in [-0.4, -0.2) is 9.97 Å². The van der Waals surface area contributed by atoms with Gasteiger partial charge in [0.15, 0.2) is 5.82 Å². The van der Waals surface area contributed by atoms with E-state index in [0.717, 1.165) is 89.0 Å². The number of anilines is 3. The Kier molecular flexibility index (Phi) is 8.79. The van der Waals surface area contributed by atoms with Gasteiger partial charge in [0.1, 0.15) is 11.2 Å². The van der Waals surface area contributed by atoms with Crippen molar-refractivity contribution in [3.8, 4) is 56.2 Å². The fourth-order valence-corrected chi connectivity index (χ4v) is 8.31. The van der Waals surface area contributed by atoms with Gasteiger partial charge >= 0.3 is 0 Å². The van der Waals surface area contributed by atoms with E-state index in [-0.39, 0.29) is 0 Å². The Labute approximate surface area is 348 Å². The maximum Gasteiger partial charge on any atom is 0.160 e. The van der Waals surface area contributed by atoms with Crippen LogP contribution < -0.4 is 4.90 Å². The first-order valence-electron chi connectivity index (χ1n) is 20.2. The van der Waals surface area contributed by atoms with Gasteiger partial charge in [-0.1, -0.05) is 164 Å². The van der Waals surface area contributed by atoms with Gasteiger partial charge in [0.25, 0.3) is 0 Å². The molecule has 0 bridgehead atoms. The zero-order chi connectivity index (χ0) is 39.8. The van der Waals surface area contributed by atoms with E-state index in [1.165, 1.54) is 11.1 Å². The lowest BCUT2D eigenvalue weighted by atomic mass is 9.95. The summed E-state index contributed by atoms with van der Waals surface area (Å²) in [4.78, 5) is 12.6. The summed E-state index contributed by atoms with van der Waals surface area (Å²) >= 11 is 0. The van der Waals surface area contributed by atoms with Crippen LogP contribution in [0.5, 0.6) is 0 Å². The molecule has 0 aliphatic rings. The van der Waals surface area contributed by atoms with Crippen LogP contribution in [0, 0.1) is 0 Å². The summed E-state index contributed by atoms with van der Waals surface area (Å²) in [6.07, 6.45) is 0. The molecule has 60 heavy (non-hydrogen) atoms. The number of benzene rings is 9. The fraction of sp³-hybridized carbons (Fsp3) is 0. The summed E-state index contributed by atoms with van der Waals surface area (Å²) in [6, 6.07) is 78.5. The van der Waals surface area contributed by atoms with Gasteiger partial charge in [0, 0.05) is 50.1 Å². The average molecular weight is 768 g/mol.